The van der Waals surface area contributed by atoms with Gasteiger partial charge in [0.05, 0.1) is 0 Å². The standard InChI is InChI=1S/C10H15ClN2O2/c1-7-6-13(5-3-4-8(2)11)10(15)12-9(7)14/h6,8H,3-5H2,1-2H3,(H,12,14,15). The number of aromatic nitrogens is 2. The summed E-state index contributed by atoms with van der Waals surface area (Å²) in [5, 5.41) is 0.115. The monoisotopic (exact) mass is 230 g/mol. The number of hydrogen-bond donors (Lipinski definition) is 1. The predicted octanol–water partition coefficient (Wildman–Crippen LogP) is 1.25. The van der Waals surface area contributed by atoms with E-state index in [1.54, 1.807) is 13.1 Å². The molecule has 0 aliphatic heterocycles. The second kappa shape index (κ2) is 5.16. The van der Waals surface area contributed by atoms with Crippen molar-refractivity contribution in [2.75, 3.05) is 0 Å². The number of halogens is 1. The number of aromatic amines is 1. The van der Waals surface area contributed by atoms with Crippen LogP contribution in [0.1, 0.15) is 25.3 Å². The Morgan fingerprint density at radius 1 is 1.53 bits per heavy atom. The van der Waals surface area contributed by atoms with Gasteiger partial charge in [-0.2, -0.15) is 0 Å². The normalized spacial score (nSPS) is 12.7. The lowest BCUT2D eigenvalue weighted by Gasteiger charge is -2.06. The number of H-pyrrole nitrogens is 1. The van der Waals surface area contributed by atoms with Gasteiger partial charge in [-0.1, -0.05) is 0 Å². The molecule has 0 bridgehead atoms. The maximum absolute atomic E-state index is 11.3. The van der Waals surface area contributed by atoms with Crippen molar-refractivity contribution in [2.24, 2.45) is 0 Å². The summed E-state index contributed by atoms with van der Waals surface area (Å²) in [6, 6.07) is 0. The molecule has 1 aromatic rings. The molecule has 0 aromatic carbocycles. The summed E-state index contributed by atoms with van der Waals surface area (Å²) in [5.74, 6) is 0. The molecule has 15 heavy (non-hydrogen) atoms. The van der Waals surface area contributed by atoms with Crippen molar-refractivity contribution in [3.05, 3.63) is 32.6 Å². The van der Waals surface area contributed by atoms with Crippen LogP contribution in [0.25, 0.3) is 0 Å². The lowest BCUT2D eigenvalue weighted by atomic mass is 10.2. The van der Waals surface area contributed by atoms with E-state index in [0.29, 0.717) is 12.1 Å². The van der Waals surface area contributed by atoms with Crippen LogP contribution in [0, 0.1) is 6.92 Å². The highest BCUT2D eigenvalue weighted by molar-refractivity contribution is 6.20. The van der Waals surface area contributed by atoms with Gasteiger partial charge in [-0.15, -0.1) is 11.6 Å². The van der Waals surface area contributed by atoms with E-state index in [0.717, 1.165) is 12.8 Å². The van der Waals surface area contributed by atoms with Gasteiger partial charge in [0.15, 0.2) is 0 Å². The zero-order valence-electron chi connectivity index (χ0n) is 8.92. The van der Waals surface area contributed by atoms with E-state index in [1.165, 1.54) is 4.57 Å². The average molecular weight is 231 g/mol. The number of nitrogens with one attached hydrogen (secondary N) is 1. The first-order valence-electron chi connectivity index (χ1n) is 4.95. The second-order valence-electron chi connectivity index (χ2n) is 3.69. The van der Waals surface area contributed by atoms with Gasteiger partial charge in [-0.05, 0) is 26.7 Å². The molecule has 0 fully saturated rings. The molecular formula is C10H15ClN2O2. The minimum Gasteiger partial charge on any atom is -0.300 e. The third-order valence-electron chi connectivity index (χ3n) is 2.19. The molecule has 84 valence electrons. The quantitative estimate of drug-likeness (QED) is 0.792. The van der Waals surface area contributed by atoms with Crippen molar-refractivity contribution in [1.82, 2.24) is 9.55 Å². The van der Waals surface area contributed by atoms with Gasteiger partial charge in [-0.25, -0.2) is 4.79 Å². The molecule has 0 aliphatic rings. The van der Waals surface area contributed by atoms with Gasteiger partial charge >= 0.3 is 5.69 Å². The number of hydrogen-bond acceptors (Lipinski definition) is 2. The van der Waals surface area contributed by atoms with E-state index in [9.17, 15) is 9.59 Å². The Hall–Kier alpha value is -1.03. The lowest BCUT2D eigenvalue weighted by Crippen LogP contribution is -2.30. The number of aryl methyl sites for hydroxylation is 2. The molecule has 1 unspecified atom stereocenters. The predicted molar refractivity (Wildman–Crippen MR) is 60.6 cm³/mol. The number of alkyl halides is 1. The zero-order chi connectivity index (χ0) is 11.4. The van der Waals surface area contributed by atoms with E-state index in [2.05, 4.69) is 4.98 Å². The molecule has 0 radical (unpaired) electrons. The van der Waals surface area contributed by atoms with Gasteiger partial charge in [0.25, 0.3) is 5.56 Å². The Kier molecular flexibility index (Phi) is 4.15. The van der Waals surface area contributed by atoms with Crippen LogP contribution in [0.2, 0.25) is 0 Å². The molecule has 0 spiro atoms. The lowest BCUT2D eigenvalue weighted by molar-refractivity contribution is 0.575. The summed E-state index contributed by atoms with van der Waals surface area (Å²) in [6.45, 7) is 4.19. The molecule has 1 aromatic heterocycles. The molecule has 0 saturated heterocycles. The van der Waals surface area contributed by atoms with E-state index in [1.807, 2.05) is 6.92 Å². The molecule has 4 nitrogen and oxygen atoms in total. The first-order chi connectivity index (χ1) is 7.00. The van der Waals surface area contributed by atoms with E-state index in [4.69, 9.17) is 11.6 Å². The molecule has 0 saturated carbocycles. The molecule has 1 heterocycles. The van der Waals surface area contributed by atoms with E-state index >= 15 is 0 Å². The fourth-order valence-electron chi connectivity index (χ4n) is 1.33. The molecule has 1 atom stereocenters. The van der Waals surface area contributed by atoms with E-state index in [-0.39, 0.29) is 16.6 Å². The highest BCUT2D eigenvalue weighted by Gasteiger charge is 2.01. The Bertz CT molecular complexity index is 434. The van der Waals surface area contributed by atoms with Gasteiger partial charge < -0.3 is 4.57 Å². The van der Waals surface area contributed by atoms with Crippen molar-refractivity contribution in [2.45, 2.75) is 38.6 Å². The third kappa shape index (κ3) is 3.55. The van der Waals surface area contributed by atoms with Crippen molar-refractivity contribution >= 4 is 11.6 Å². The first kappa shape index (κ1) is 12.0. The maximum Gasteiger partial charge on any atom is 0.328 e. The molecule has 5 heteroatoms. The zero-order valence-corrected chi connectivity index (χ0v) is 9.67. The summed E-state index contributed by atoms with van der Waals surface area (Å²) in [7, 11) is 0. The van der Waals surface area contributed by atoms with Gasteiger partial charge in [0, 0.05) is 23.7 Å². The summed E-state index contributed by atoms with van der Waals surface area (Å²) in [4.78, 5) is 24.7. The number of nitrogens with zero attached hydrogens (tertiary/aromatic N) is 1. The van der Waals surface area contributed by atoms with Crippen LogP contribution in [0.4, 0.5) is 0 Å². The Morgan fingerprint density at radius 3 is 2.80 bits per heavy atom. The Morgan fingerprint density at radius 2 is 2.20 bits per heavy atom. The fourth-order valence-corrected chi connectivity index (χ4v) is 1.48. The first-order valence-corrected chi connectivity index (χ1v) is 5.39. The largest absolute Gasteiger partial charge is 0.328 e. The van der Waals surface area contributed by atoms with Crippen molar-refractivity contribution in [1.29, 1.82) is 0 Å². The van der Waals surface area contributed by atoms with Crippen LogP contribution in [0.15, 0.2) is 15.8 Å². The number of rotatable bonds is 4. The van der Waals surface area contributed by atoms with Crippen molar-refractivity contribution in [3.63, 3.8) is 0 Å². The molecule has 1 N–H and O–H groups in total. The molecule has 0 amide bonds. The highest BCUT2D eigenvalue weighted by atomic mass is 35.5. The minimum atomic E-state index is -0.354. The van der Waals surface area contributed by atoms with Gasteiger partial charge in [-0.3, -0.25) is 9.78 Å². The third-order valence-corrected chi connectivity index (χ3v) is 2.41. The van der Waals surface area contributed by atoms with Crippen LogP contribution >= 0.6 is 11.6 Å². The fraction of sp³-hybridized carbons (Fsp3) is 0.600. The van der Waals surface area contributed by atoms with E-state index < -0.39 is 0 Å². The summed E-state index contributed by atoms with van der Waals surface area (Å²) < 4.78 is 1.51. The molecular weight excluding hydrogens is 216 g/mol. The van der Waals surface area contributed by atoms with Gasteiger partial charge in [0.1, 0.15) is 0 Å². The van der Waals surface area contributed by atoms with Crippen LogP contribution in [-0.2, 0) is 6.54 Å². The van der Waals surface area contributed by atoms with Crippen LogP contribution < -0.4 is 11.2 Å². The maximum atomic E-state index is 11.3. The highest BCUT2D eigenvalue weighted by Crippen LogP contribution is 2.04. The second-order valence-corrected chi connectivity index (χ2v) is 4.43. The minimum absolute atomic E-state index is 0.115. The van der Waals surface area contributed by atoms with Crippen LogP contribution in [0.5, 0.6) is 0 Å². The smallest absolute Gasteiger partial charge is 0.300 e. The summed E-state index contributed by atoms with van der Waals surface area (Å²) in [5.41, 5.74) is -0.122. The SMILES string of the molecule is Cc1cn(CCCC(C)Cl)c(=O)[nH]c1=O. The summed E-state index contributed by atoms with van der Waals surface area (Å²) >= 11 is 5.80. The van der Waals surface area contributed by atoms with Crippen LogP contribution in [0.3, 0.4) is 0 Å². The van der Waals surface area contributed by atoms with Crippen molar-refractivity contribution < 1.29 is 0 Å². The average Bonchev–Trinajstić information content (AvgIpc) is 2.13. The topological polar surface area (TPSA) is 54.9 Å². The molecule has 0 aliphatic carbocycles. The van der Waals surface area contributed by atoms with Gasteiger partial charge in [0.2, 0.25) is 0 Å². The molecule has 1 rings (SSSR count). The Balaban J connectivity index is 2.74. The van der Waals surface area contributed by atoms with Crippen LogP contribution in [-0.4, -0.2) is 14.9 Å². The van der Waals surface area contributed by atoms with Crippen molar-refractivity contribution in [3.8, 4) is 0 Å². The Labute approximate surface area is 92.9 Å². The summed E-state index contributed by atoms with van der Waals surface area (Å²) in [6.07, 6.45) is 3.27.